The van der Waals surface area contributed by atoms with E-state index in [0.29, 0.717) is 13.0 Å². The van der Waals surface area contributed by atoms with Crippen molar-refractivity contribution in [3.05, 3.63) is 35.4 Å². The summed E-state index contributed by atoms with van der Waals surface area (Å²) in [5, 5.41) is 2.34. The van der Waals surface area contributed by atoms with Crippen LogP contribution in [-0.2, 0) is 15.6 Å². The maximum absolute atomic E-state index is 13.9. The third-order valence-electron chi connectivity index (χ3n) is 4.33. The summed E-state index contributed by atoms with van der Waals surface area (Å²) in [5.74, 6) is -0.926. The van der Waals surface area contributed by atoms with Crippen molar-refractivity contribution in [1.29, 1.82) is 0 Å². The van der Waals surface area contributed by atoms with Gasteiger partial charge in [0.1, 0.15) is 11.6 Å². The quantitative estimate of drug-likeness (QED) is 0.824. The normalized spacial score (nSPS) is 17.9. The molecule has 128 valence electrons. The molecule has 23 heavy (non-hydrogen) atoms. The third-order valence-corrected chi connectivity index (χ3v) is 6.15. The Morgan fingerprint density at radius 1 is 1.35 bits per heavy atom. The highest BCUT2D eigenvalue weighted by Crippen LogP contribution is 2.27. The van der Waals surface area contributed by atoms with Gasteiger partial charge in [-0.25, -0.2) is 8.78 Å². The molecule has 1 aromatic rings. The molecule has 0 radical (unpaired) electrons. The first-order valence-corrected chi connectivity index (χ1v) is 9.51. The zero-order chi connectivity index (χ0) is 16.8. The van der Waals surface area contributed by atoms with E-state index in [1.54, 1.807) is 0 Å². The molecule has 0 aliphatic heterocycles. The summed E-state index contributed by atoms with van der Waals surface area (Å²) in [6.07, 6.45) is 4.52. The first kappa shape index (κ1) is 18.0. The molecule has 1 aromatic carbocycles. The predicted molar refractivity (Wildman–Crippen MR) is 87.4 cm³/mol. The van der Waals surface area contributed by atoms with Gasteiger partial charge >= 0.3 is 0 Å². The SMILES string of the molecule is CC[C@H](c1ccc(F)cc1F)[S@@](=O)CCNC(=O)C1CCCC1. The average molecular weight is 343 g/mol. The first-order chi connectivity index (χ1) is 11.0. The zero-order valence-corrected chi connectivity index (χ0v) is 14.1. The second-order valence-corrected chi connectivity index (χ2v) is 7.66. The van der Waals surface area contributed by atoms with E-state index in [4.69, 9.17) is 0 Å². The van der Waals surface area contributed by atoms with E-state index in [1.807, 2.05) is 6.92 Å². The number of amides is 1. The fraction of sp³-hybridized carbons (Fsp3) is 0.588. The van der Waals surface area contributed by atoms with Crippen LogP contribution >= 0.6 is 0 Å². The molecule has 1 aliphatic carbocycles. The minimum Gasteiger partial charge on any atom is -0.355 e. The standard InChI is InChI=1S/C17H23F2NO2S/c1-2-16(14-8-7-13(18)11-15(14)19)23(22)10-9-20-17(21)12-5-3-4-6-12/h7-8,11-12,16H,2-6,9-10H2,1H3,(H,20,21)/t16-,23+/m1/s1. The van der Waals surface area contributed by atoms with Gasteiger partial charge in [0.2, 0.25) is 5.91 Å². The molecule has 0 heterocycles. The van der Waals surface area contributed by atoms with E-state index >= 15 is 0 Å². The summed E-state index contributed by atoms with van der Waals surface area (Å²) in [6.45, 7) is 2.14. The van der Waals surface area contributed by atoms with Gasteiger partial charge in [-0.2, -0.15) is 0 Å². The van der Waals surface area contributed by atoms with Crippen molar-refractivity contribution in [3.63, 3.8) is 0 Å². The topological polar surface area (TPSA) is 46.2 Å². The zero-order valence-electron chi connectivity index (χ0n) is 13.3. The van der Waals surface area contributed by atoms with Crippen LogP contribution in [0.2, 0.25) is 0 Å². The third kappa shape index (κ3) is 4.83. The second-order valence-electron chi connectivity index (χ2n) is 5.92. The molecule has 1 fully saturated rings. The monoisotopic (exact) mass is 343 g/mol. The molecule has 0 saturated heterocycles. The number of carbonyl (C=O) groups excluding carboxylic acids is 1. The molecule has 1 N–H and O–H groups in total. The van der Waals surface area contributed by atoms with E-state index < -0.39 is 27.7 Å². The van der Waals surface area contributed by atoms with Crippen molar-refractivity contribution in [3.8, 4) is 0 Å². The van der Waals surface area contributed by atoms with Crippen LogP contribution < -0.4 is 5.32 Å². The van der Waals surface area contributed by atoms with Gasteiger partial charge in [-0.3, -0.25) is 9.00 Å². The van der Waals surface area contributed by atoms with Crippen molar-refractivity contribution >= 4 is 16.7 Å². The number of hydrogen-bond acceptors (Lipinski definition) is 2. The van der Waals surface area contributed by atoms with Crippen LogP contribution in [0.5, 0.6) is 0 Å². The Bertz CT molecular complexity index is 574. The molecular weight excluding hydrogens is 320 g/mol. The number of hydrogen-bond donors (Lipinski definition) is 1. The van der Waals surface area contributed by atoms with Crippen LogP contribution in [-0.4, -0.2) is 22.4 Å². The Labute approximate surface area is 138 Å². The number of nitrogens with one attached hydrogen (secondary N) is 1. The second kappa shape index (κ2) is 8.52. The molecule has 3 nitrogen and oxygen atoms in total. The summed E-state index contributed by atoms with van der Waals surface area (Å²) in [4.78, 5) is 11.9. The predicted octanol–water partition coefficient (Wildman–Crippen LogP) is 3.47. The van der Waals surface area contributed by atoms with Crippen molar-refractivity contribution in [1.82, 2.24) is 5.32 Å². The van der Waals surface area contributed by atoms with Crippen LogP contribution in [0.25, 0.3) is 0 Å². The van der Waals surface area contributed by atoms with Crippen LogP contribution in [0, 0.1) is 17.6 Å². The number of benzene rings is 1. The Balaban J connectivity index is 1.88. The maximum atomic E-state index is 13.9. The Hall–Kier alpha value is -1.30. The Morgan fingerprint density at radius 2 is 2.04 bits per heavy atom. The van der Waals surface area contributed by atoms with Crippen LogP contribution in [0.4, 0.5) is 8.78 Å². The number of rotatable bonds is 7. The van der Waals surface area contributed by atoms with Gasteiger partial charge in [-0.1, -0.05) is 25.8 Å². The lowest BCUT2D eigenvalue weighted by Crippen LogP contribution is -2.33. The first-order valence-electron chi connectivity index (χ1n) is 8.12. The average Bonchev–Trinajstić information content (AvgIpc) is 3.04. The lowest BCUT2D eigenvalue weighted by molar-refractivity contribution is -0.124. The van der Waals surface area contributed by atoms with Crippen molar-refractivity contribution < 1.29 is 17.8 Å². The molecule has 1 saturated carbocycles. The Kier molecular flexibility index (Phi) is 6.69. The fourth-order valence-corrected chi connectivity index (χ4v) is 4.49. The summed E-state index contributed by atoms with van der Waals surface area (Å²) in [6, 6.07) is 3.35. The minimum atomic E-state index is -1.32. The number of carbonyl (C=O) groups is 1. The minimum absolute atomic E-state index is 0.0283. The molecule has 0 unspecified atom stereocenters. The Morgan fingerprint density at radius 3 is 2.65 bits per heavy atom. The molecule has 0 spiro atoms. The van der Waals surface area contributed by atoms with Gasteiger partial charge in [0.25, 0.3) is 0 Å². The molecular formula is C17H23F2NO2S. The summed E-state index contributed by atoms with van der Waals surface area (Å²) < 4.78 is 39.3. The lowest BCUT2D eigenvalue weighted by Gasteiger charge is -2.17. The molecule has 1 aliphatic rings. The summed E-state index contributed by atoms with van der Waals surface area (Å²) >= 11 is 0. The van der Waals surface area contributed by atoms with Crippen LogP contribution in [0.15, 0.2) is 18.2 Å². The van der Waals surface area contributed by atoms with Gasteiger partial charge in [0.05, 0.1) is 5.25 Å². The van der Waals surface area contributed by atoms with E-state index in [0.717, 1.165) is 31.7 Å². The van der Waals surface area contributed by atoms with Crippen LogP contribution in [0.3, 0.4) is 0 Å². The molecule has 0 aromatic heterocycles. The smallest absolute Gasteiger partial charge is 0.223 e. The highest BCUT2D eigenvalue weighted by molar-refractivity contribution is 7.85. The summed E-state index contributed by atoms with van der Waals surface area (Å²) in [7, 11) is -1.32. The van der Waals surface area contributed by atoms with E-state index in [-0.39, 0.29) is 23.1 Å². The van der Waals surface area contributed by atoms with Gasteiger partial charge < -0.3 is 5.32 Å². The van der Waals surface area contributed by atoms with Crippen molar-refractivity contribution in [2.45, 2.75) is 44.3 Å². The highest BCUT2D eigenvalue weighted by atomic mass is 32.2. The molecule has 2 atom stereocenters. The summed E-state index contributed by atoms with van der Waals surface area (Å²) in [5.41, 5.74) is 0.273. The fourth-order valence-electron chi connectivity index (χ4n) is 3.06. The van der Waals surface area contributed by atoms with Crippen molar-refractivity contribution in [2.75, 3.05) is 12.3 Å². The molecule has 2 rings (SSSR count). The largest absolute Gasteiger partial charge is 0.355 e. The van der Waals surface area contributed by atoms with Gasteiger partial charge in [0.15, 0.2) is 0 Å². The van der Waals surface area contributed by atoms with Crippen LogP contribution in [0.1, 0.15) is 49.8 Å². The van der Waals surface area contributed by atoms with Gasteiger partial charge in [0, 0.05) is 40.6 Å². The highest BCUT2D eigenvalue weighted by Gasteiger charge is 2.24. The molecule has 1 amide bonds. The molecule has 6 heteroatoms. The van der Waals surface area contributed by atoms with Gasteiger partial charge in [-0.15, -0.1) is 0 Å². The maximum Gasteiger partial charge on any atom is 0.223 e. The van der Waals surface area contributed by atoms with Gasteiger partial charge in [-0.05, 0) is 25.3 Å². The van der Waals surface area contributed by atoms with E-state index in [1.165, 1.54) is 12.1 Å². The lowest BCUT2D eigenvalue weighted by atomic mass is 10.1. The number of halogens is 2. The van der Waals surface area contributed by atoms with E-state index in [2.05, 4.69) is 5.32 Å². The van der Waals surface area contributed by atoms with Crippen molar-refractivity contribution in [2.24, 2.45) is 5.92 Å². The van der Waals surface area contributed by atoms with E-state index in [9.17, 15) is 17.8 Å². The molecule has 0 bridgehead atoms.